The largest absolute Gasteiger partial charge is 0.493 e. The number of hydrogen-bond acceptors (Lipinski definition) is 4. The number of nitrogens with zero attached hydrogens (tertiary/aromatic N) is 1. The topological polar surface area (TPSA) is 88.1 Å². The number of benzene rings is 3. The van der Waals surface area contributed by atoms with Gasteiger partial charge in [0.05, 0.1) is 7.11 Å². The standard InChI is InChI=1S/C25H23FN2O5/c1-32-22-12-7-17-14-28(25(31)27-19-10-8-18(26)9-11-19)21(24(29)30)13-20(17)23(22)33-15-16-5-3-2-4-6-16/h2-12,21H,13-15H2,1H3,(H,27,31)(H,29,30)/t21-/m0/s1. The van der Waals surface area contributed by atoms with Crippen LogP contribution in [0.4, 0.5) is 14.9 Å². The summed E-state index contributed by atoms with van der Waals surface area (Å²) in [6.07, 6.45) is 0.0584. The van der Waals surface area contributed by atoms with Gasteiger partial charge in [-0.15, -0.1) is 0 Å². The Labute approximate surface area is 190 Å². The minimum Gasteiger partial charge on any atom is -0.493 e. The third-order valence-electron chi connectivity index (χ3n) is 5.52. The van der Waals surface area contributed by atoms with Crippen LogP contribution in [0, 0.1) is 5.82 Å². The van der Waals surface area contributed by atoms with E-state index in [1.807, 2.05) is 30.3 Å². The van der Waals surface area contributed by atoms with Crippen molar-refractivity contribution in [2.45, 2.75) is 25.6 Å². The first-order valence-electron chi connectivity index (χ1n) is 10.4. The van der Waals surface area contributed by atoms with E-state index in [-0.39, 0.29) is 13.0 Å². The van der Waals surface area contributed by atoms with Crippen LogP contribution in [-0.4, -0.2) is 35.2 Å². The number of carbonyl (C=O) groups excluding carboxylic acids is 1. The van der Waals surface area contributed by atoms with Gasteiger partial charge < -0.3 is 24.8 Å². The van der Waals surface area contributed by atoms with Crippen LogP contribution < -0.4 is 14.8 Å². The average molecular weight is 450 g/mol. The third kappa shape index (κ3) is 4.90. The van der Waals surface area contributed by atoms with Gasteiger partial charge in [0.1, 0.15) is 18.5 Å². The van der Waals surface area contributed by atoms with Crippen molar-refractivity contribution in [2.75, 3.05) is 12.4 Å². The zero-order valence-corrected chi connectivity index (χ0v) is 18.0. The molecule has 2 amide bonds. The summed E-state index contributed by atoms with van der Waals surface area (Å²) in [6, 6.07) is 16.7. The molecule has 1 aliphatic rings. The third-order valence-corrected chi connectivity index (χ3v) is 5.52. The summed E-state index contributed by atoms with van der Waals surface area (Å²) in [5.41, 5.74) is 2.80. The van der Waals surface area contributed by atoms with Gasteiger partial charge in [-0.2, -0.15) is 0 Å². The summed E-state index contributed by atoms with van der Waals surface area (Å²) < 4.78 is 24.7. The predicted octanol–water partition coefficient (Wildman–Crippen LogP) is 4.46. The average Bonchev–Trinajstić information content (AvgIpc) is 2.83. The number of amides is 2. The minimum absolute atomic E-state index is 0.0584. The molecule has 33 heavy (non-hydrogen) atoms. The van der Waals surface area contributed by atoms with E-state index >= 15 is 0 Å². The number of urea groups is 1. The molecule has 0 radical (unpaired) electrons. The smallest absolute Gasteiger partial charge is 0.326 e. The number of nitrogens with one attached hydrogen (secondary N) is 1. The van der Waals surface area contributed by atoms with Crippen molar-refractivity contribution in [3.05, 3.63) is 89.2 Å². The summed E-state index contributed by atoms with van der Waals surface area (Å²) in [5.74, 6) is -0.589. The molecule has 0 aromatic heterocycles. The lowest BCUT2D eigenvalue weighted by molar-refractivity contribution is -0.142. The van der Waals surface area contributed by atoms with E-state index in [0.29, 0.717) is 29.4 Å². The van der Waals surface area contributed by atoms with Crippen molar-refractivity contribution >= 4 is 17.7 Å². The Kier molecular flexibility index (Phi) is 6.44. The van der Waals surface area contributed by atoms with E-state index in [1.165, 1.54) is 36.3 Å². The normalized spacial score (nSPS) is 14.8. The van der Waals surface area contributed by atoms with Gasteiger partial charge in [-0.3, -0.25) is 0 Å². The second-order valence-electron chi connectivity index (χ2n) is 7.63. The van der Waals surface area contributed by atoms with Gasteiger partial charge in [-0.1, -0.05) is 36.4 Å². The molecule has 1 aliphatic heterocycles. The zero-order chi connectivity index (χ0) is 23.4. The first kappa shape index (κ1) is 22.1. The van der Waals surface area contributed by atoms with E-state index in [4.69, 9.17) is 9.47 Å². The van der Waals surface area contributed by atoms with Crippen molar-refractivity contribution < 1.29 is 28.6 Å². The van der Waals surface area contributed by atoms with E-state index in [2.05, 4.69) is 5.32 Å². The van der Waals surface area contributed by atoms with Crippen LogP contribution in [0.15, 0.2) is 66.7 Å². The van der Waals surface area contributed by atoms with Gasteiger partial charge in [-0.25, -0.2) is 14.0 Å². The number of hydrogen-bond donors (Lipinski definition) is 2. The molecule has 0 spiro atoms. The summed E-state index contributed by atoms with van der Waals surface area (Å²) in [6.45, 7) is 0.366. The van der Waals surface area contributed by atoms with Crippen LogP contribution in [0.3, 0.4) is 0 Å². The highest BCUT2D eigenvalue weighted by molar-refractivity contribution is 5.92. The summed E-state index contributed by atoms with van der Waals surface area (Å²) >= 11 is 0. The number of methoxy groups -OCH3 is 1. The highest BCUT2D eigenvalue weighted by Crippen LogP contribution is 2.39. The van der Waals surface area contributed by atoms with E-state index in [0.717, 1.165) is 11.1 Å². The highest BCUT2D eigenvalue weighted by Gasteiger charge is 2.37. The van der Waals surface area contributed by atoms with Gasteiger partial charge in [0.15, 0.2) is 11.5 Å². The number of anilines is 1. The lowest BCUT2D eigenvalue weighted by atomic mass is 9.92. The van der Waals surface area contributed by atoms with Gasteiger partial charge in [0.25, 0.3) is 0 Å². The lowest BCUT2D eigenvalue weighted by Crippen LogP contribution is -2.50. The van der Waals surface area contributed by atoms with E-state index in [9.17, 15) is 19.1 Å². The number of ether oxygens (including phenoxy) is 2. The van der Waals surface area contributed by atoms with Gasteiger partial charge in [0, 0.05) is 24.2 Å². The molecule has 8 heteroatoms. The molecule has 0 aliphatic carbocycles. The Morgan fingerprint density at radius 2 is 1.82 bits per heavy atom. The maximum absolute atomic E-state index is 13.2. The minimum atomic E-state index is -1.13. The molecule has 3 aromatic rings. The van der Waals surface area contributed by atoms with Crippen molar-refractivity contribution in [2.24, 2.45) is 0 Å². The van der Waals surface area contributed by atoms with Crippen LogP contribution >= 0.6 is 0 Å². The first-order valence-corrected chi connectivity index (χ1v) is 10.4. The fourth-order valence-electron chi connectivity index (χ4n) is 3.83. The number of carbonyl (C=O) groups is 2. The molecule has 4 rings (SSSR count). The molecule has 1 atom stereocenters. The fraction of sp³-hybridized carbons (Fsp3) is 0.200. The SMILES string of the molecule is COc1ccc2c(c1OCc1ccccc1)C[C@@H](C(=O)O)N(C(=O)Nc1ccc(F)cc1)C2. The predicted molar refractivity (Wildman–Crippen MR) is 120 cm³/mol. The van der Waals surface area contributed by atoms with E-state index < -0.39 is 23.9 Å². The molecule has 0 saturated heterocycles. The second-order valence-corrected chi connectivity index (χ2v) is 7.63. The molecule has 2 N–H and O–H groups in total. The fourth-order valence-corrected chi connectivity index (χ4v) is 3.83. The van der Waals surface area contributed by atoms with Crippen molar-refractivity contribution in [1.82, 2.24) is 4.90 Å². The summed E-state index contributed by atoms with van der Waals surface area (Å²) in [5, 5.41) is 12.5. The molecule has 170 valence electrons. The van der Waals surface area contributed by atoms with Crippen LogP contribution in [0.1, 0.15) is 16.7 Å². The lowest BCUT2D eigenvalue weighted by Gasteiger charge is -2.35. The number of carboxylic acid groups (broad SMARTS) is 1. The molecule has 0 saturated carbocycles. The van der Waals surface area contributed by atoms with Crippen LogP contribution in [0.25, 0.3) is 0 Å². The van der Waals surface area contributed by atoms with Gasteiger partial charge >= 0.3 is 12.0 Å². The van der Waals surface area contributed by atoms with Crippen molar-refractivity contribution in [3.63, 3.8) is 0 Å². The molecular formula is C25H23FN2O5. The Morgan fingerprint density at radius 3 is 2.48 bits per heavy atom. The Hall–Kier alpha value is -4.07. The van der Waals surface area contributed by atoms with Crippen LogP contribution in [0.2, 0.25) is 0 Å². The number of fused-ring (bicyclic) bond motifs is 1. The number of aliphatic carboxylic acids is 1. The van der Waals surface area contributed by atoms with Crippen molar-refractivity contribution in [3.8, 4) is 11.5 Å². The molecule has 0 unspecified atom stereocenters. The highest BCUT2D eigenvalue weighted by atomic mass is 19.1. The maximum Gasteiger partial charge on any atom is 0.326 e. The summed E-state index contributed by atoms with van der Waals surface area (Å²) in [4.78, 5) is 26.2. The number of halogens is 1. The molecular weight excluding hydrogens is 427 g/mol. The molecule has 7 nitrogen and oxygen atoms in total. The van der Waals surface area contributed by atoms with Crippen LogP contribution in [0.5, 0.6) is 11.5 Å². The maximum atomic E-state index is 13.2. The first-order chi connectivity index (χ1) is 16.0. The molecule has 0 fully saturated rings. The molecule has 0 bridgehead atoms. The van der Waals surface area contributed by atoms with Crippen molar-refractivity contribution in [1.29, 1.82) is 0 Å². The quantitative estimate of drug-likeness (QED) is 0.579. The van der Waals surface area contributed by atoms with Gasteiger partial charge in [0.2, 0.25) is 0 Å². The van der Waals surface area contributed by atoms with Gasteiger partial charge in [-0.05, 0) is 41.5 Å². The number of carboxylic acids is 1. The van der Waals surface area contributed by atoms with Crippen LogP contribution in [-0.2, 0) is 24.4 Å². The Morgan fingerprint density at radius 1 is 1.09 bits per heavy atom. The number of rotatable bonds is 6. The monoisotopic (exact) mass is 450 g/mol. The molecule has 1 heterocycles. The summed E-state index contributed by atoms with van der Waals surface area (Å²) in [7, 11) is 1.52. The zero-order valence-electron chi connectivity index (χ0n) is 18.0. The van der Waals surface area contributed by atoms with E-state index in [1.54, 1.807) is 12.1 Å². The molecule has 3 aromatic carbocycles. The second kappa shape index (κ2) is 9.60. The Balaban J connectivity index is 1.61. The Bertz CT molecular complexity index is 1150.